The Hall–Kier alpha value is -3.04. The van der Waals surface area contributed by atoms with Crippen LogP contribution in [0.3, 0.4) is 0 Å². The highest BCUT2D eigenvalue weighted by molar-refractivity contribution is 5.70. The molecule has 284 valence electrons. The third kappa shape index (κ3) is 36.2. The van der Waals surface area contributed by atoms with Crippen LogP contribution in [0.1, 0.15) is 110 Å². The van der Waals surface area contributed by atoms with Crippen LogP contribution in [0, 0.1) is 0 Å². The minimum Gasteiger partial charge on any atom is -0.477 e. The first kappa shape index (κ1) is 47.0. The summed E-state index contributed by atoms with van der Waals surface area (Å²) >= 11 is 0. The monoisotopic (exact) mass is 701 g/mol. The van der Waals surface area contributed by atoms with Crippen molar-refractivity contribution in [3.63, 3.8) is 0 Å². The molecule has 0 saturated carbocycles. The zero-order valence-corrected chi connectivity index (χ0v) is 31.8. The topological polar surface area (TPSA) is 102 Å². The lowest BCUT2D eigenvalue weighted by atomic mass is 10.1. The first-order valence-corrected chi connectivity index (χ1v) is 18.8. The second-order valence-corrected chi connectivity index (χ2v) is 13.4. The van der Waals surface area contributed by atoms with Crippen molar-refractivity contribution >= 4 is 11.9 Å². The number of carbonyl (C=O) groups excluding carboxylic acids is 1. The molecule has 0 bridgehead atoms. The van der Waals surface area contributed by atoms with Gasteiger partial charge < -0.3 is 28.9 Å². The number of allylic oxidation sites excluding steroid dienone is 14. The fraction of sp³-hybridized carbons (Fsp3) is 0.619. The van der Waals surface area contributed by atoms with Gasteiger partial charge in [-0.05, 0) is 64.2 Å². The number of ether oxygens (including phenoxy) is 3. The molecule has 0 aromatic heterocycles. The Kier molecular flexibility index (Phi) is 32.3. The predicted octanol–water partition coefficient (Wildman–Crippen LogP) is 9.20. The number of nitrogens with zero attached hydrogens (tertiary/aromatic N) is 1. The lowest BCUT2D eigenvalue weighted by molar-refractivity contribution is -0.870. The van der Waals surface area contributed by atoms with E-state index in [9.17, 15) is 19.8 Å². The number of carbonyl (C=O) groups is 2. The number of rotatable bonds is 33. The molecule has 2 N–H and O–H groups in total. The van der Waals surface area contributed by atoms with Crippen molar-refractivity contribution in [2.75, 3.05) is 47.5 Å². The van der Waals surface area contributed by atoms with E-state index >= 15 is 0 Å². The lowest BCUT2D eigenvalue weighted by Gasteiger charge is -2.24. The fourth-order valence-corrected chi connectivity index (χ4v) is 4.46. The quantitative estimate of drug-likeness (QED) is 0.0231. The van der Waals surface area contributed by atoms with Gasteiger partial charge >= 0.3 is 11.9 Å². The first-order valence-electron chi connectivity index (χ1n) is 18.8. The summed E-state index contributed by atoms with van der Waals surface area (Å²) in [5, 5.41) is 19.2. The summed E-state index contributed by atoms with van der Waals surface area (Å²) in [7, 11) is 5.90. The van der Waals surface area contributed by atoms with Crippen molar-refractivity contribution in [2.45, 2.75) is 122 Å². The maximum absolute atomic E-state index is 12.0. The number of quaternary nitrogens is 1. The molecule has 0 aliphatic rings. The van der Waals surface area contributed by atoms with Crippen molar-refractivity contribution in [3.8, 4) is 0 Å². The molecule has 0 radical (unpaired) electrons. The molecule has 0 amide bonds. The minimum atomic E-state index is -1.47. The molecule has 0 aromatic carbocycles. The largest absolute Gasteiger partial charge is 0.477 e. The highest BCUT2D eigenvalue weighted by Crippen LogP contribution is 2.11. The molecular formula is C42H70NO7+. The van der Waals surface area contributed by atoms with Gasteiger partial charge in [0.25, 0.3) is 6.29 Å². The van der Waals surface area contributed by atoms with Crippen molar-refractivity contribution in [3.05, 3.63) is 85.1 Å². The third-order valence-corrected chi connectivity index (χ3v) is 7.40. The summed E-state index contributed by atoms with van der Waals surface area (Å²) in [6, 6.07) is 0. The van der Waals surface area contributed by atoms with Crippen LogP contribution < -0.4 is 0 Å². The van der Waals surface area contributed by atoms with Gasteiger partial charge in [0.05, 0.1) is 34.4 Å². The van der Waals surface area contributed by atoms with Crippen LogP contribution in [0.25, 0.3) is 0 Å². The van der Waals surface area contributed by atoms with Crippen molar-refractivity contribution in [1.29, 1.82) is 0 Å². The second-order valence-electron chi connectivity index (χ2n) is 13.4. The molecule has 2 atom stereocenters. The van der Waals surface area contributed by atoms with E-state index in [2.05, 4.69) is 92.0 Å². The smallest absolute Gasteiger partial charge is 0.361 e. The van der Waals surface area contributed by atoms with Crippen molar-refractivity contribution in [1.82, 2.24) is 0 Å². The van der Waals surface area contributed by atoms with E-state index in [-0.39, 0.29) is 25.8 Å². The van der Waals surface area contributed by atoms with Gasteiger partial charge in [-0.3, -0.25) is 4.79 Å². The molecular weight excluding hydrogens is 630 g/mol. The SMILES string of the molecule is CC/C=C\C/C=C\C/C=C\C/C=C\C/C=C\C/C=C\C/C=C\CCCCCCCCCC(=O)OCC(O)COC(OCC[N+](C)(C)C)C(=O)O. The van der Waals surface area contributed by atoms with Gasteiger partial charge in [-0.15, -0.1) is 0 Å². The Morgan fingerprint density at radius 2 is 1.04 bits per heavy atom. The average molecular weight is 701 g/mol. The molecule has 0 spiro atoms. The minimum absolute atomic E-state index is 0.204. The van der Waals surface area contributed by atoms with Crippen LogP contribution in [0.15, 0.2) is 85.1 Å². The van der Waals surface area contributed by atoms with Gasteiger partial charge in [0.1, 0.15) is 19.3 Å². The van der Waals surface area contributed by atoms with Crippen molar-refractivity contribution < 1.29 is 38.5 Å². The average Bonchev–Trinajstić information content (AvgIpc) is 3.07. The summed E-state index contributed by atoms with van der Waals surface area (Å²) < 4.78 is 16.1. The van der Waals surface area contributed by atoms with Crippen LogP contribution in [0.4, 0.5) is 0 Å². The summed E-state index contributed by atoms with van der Waals surface area (Å²) in [5.74, 6) is -1.63. The van der Waals surface area contributed by atoms with Gasteiger partial charge in [-0.1, -0.05) is 124 Å². The third-order valence-electron chi connectivity index (χ3n) is 7.40. The van der Waals surface area contributed by atoms with E-state index in [1.54, 1.807) is 0 Å². The van der Waals surface area contributed by atoms with E-state index in [0.717, 1.165) is 77.0 Å². The second kappa shape index (κ2) is 34.4. The number of aliphatic carboxylic acids is 1. The number of aliphatic hydroxyl groups is 1. The van der Waals surface area contributed by atoms with Crippen LogP contribution in [-0.2, 0) is 23.8 Å². The predicted molar refractivity (Wildman–Crippen MR) is 207 cm³/mol. The van der Waals surface area contributed by atoms with Crippen molar-refractivity contribution in [2.24, 2.45) is 0 Å². The number of hydrogen-bond acceptors (Lipinski definition) is 6. The van der Waals surface area contributed by atoms with E-state index in [1.165, 1.54) is 19.3 Å². The van der Waals surface area contributed by atoms with Crippen LogP contribution in [0.5, 0.6) is 0 Å². The Morgan fingerprint density at radius 3 is 1.50 bits per heavy atom. The normalized spacial score (nSPS) is 14.2. The number of carboxylic acid groups (broad SMARTS) is 1. The maximum atomic E-state index is 12.0. The van der Waals surface area contributed by atoms with Gasteiger partial charge in [-0.2, -0.15) is 0 Å². The standard InChI is InChI=1S/C42H69NO7/c1-5-6-7-8-9-10-11-12-13-14-15-16-17-18-19-20-21-22-23-24-25-26-27-28-29-30-31-32-33-34-40(45)49-37-39(44)38-50-42(41(46)47)48-36-35-43(2,3)4/h6-7,9-10,12-13,15-16,18-19,21-22,24-25,39,42,44H,5,8,11,14,17,20,23,26-38H2,1-4H3/p+1/b7-6-,10-9-,13-12-,16-15-,19-18-,22-21-,25-24-. The molecule has 0 aromatic rings. The molecule has 0 aliphatic carbocycles. The van der Waals surface area contributed by atoms with Gasteiger partial charge in [0.2, 0.25) is 0 Å². The van der Waals surface area contributed by atoms with E-state index < -0.39 is 18.4 Å². The number of aliphatic hydroxyl groups excluding tert-OH is 1. The van der Waals surface area contributed by atoms with Crippen LogP contribution >= 0.6 is 0 Å². The zero-order valence-electron chi connectivity index (χ0n) is 31.8. The van der Waals surface area contributed by atoms with Gasteiger partial charge in [-0.25, -0.2) is 4.79 Å². The number of carboxylic acids is 1. The van der Waals surface area contributed by atoms with Gasteiger partial charge in [0, 0.05) is 6.42 Å². The van der Waals surface area contributed by atoms with Crippen LogP contribution in [-0.4, -0.2) is 86.5 Å². The number of unbranched alkanes of at least 4 members (excludes halogenated alkanes) is 7. The van der Waals surface area contributed by atoms with E-state index in [4.69, 9.17) is 14.2 Å². The molecule has 50 heavy (non-hydrogen) atoms. The molecule has 0 rings (SSSR count). The zero-order chi connectivity index (χ0) is 37.0. The summed E-state index contributed by atoms with van der Waals surface area (Å²) in [6.45, 7) is 2.43. The maximum Gasteiger partial charge on any atom is 0.361 e. The number of likely N-dealkylation sites (N-methyl/N-ethyl adjacent to an activating group) is 1. The lowest BCUT2D eigenvalue weighted by Crippen LogP contribution is -2.40. The molecule has 0 heterocycles. The molecule has 2 unspecified atom stereocenters. The van der Waals surface area contributed by atoms with Crippen LogP contribution in [0.2, 0.25) is 0 Å². The highest BCUT2D eigenvalue weighted by atomic mass is 16.7. The molecule has 0 fully saturated rings. The molecule has 8 nitrogen and oxygen atoms in total. The molecule has 0 aliphatic heterocycles. The summed E-state index contributed by atoms with van der Waals surface area (Å²) in [5.41, 5.74) is 0. The van der Waals surface area contributed by atoms with E-state index in [1.807, 2.05) is 21.1 Å². The number of hydrogen-bond donors (Lipinski definition) is 2. The fourth-order valence-electron chi connectivity index (χ4n) is 4.46. The Bertz CT molecular complexity index is 1030. The van der Waals surface area contributed by atoms with E-state index in [0.29, 0.717) is 17.4 Å². The Morgan fingerprint density at radius 1 is 0.600 bits per heavy atom. The van der Waals surface area contributed by atoms with Gasteiger partial charge in [0.15, 0.2) is 0 Å². The summed E-state index contributed by atoms with van der Waals surface area (Å²) in [4.78, 5) is 23.3. The first-order chi connectivity index (χ1) is 24.2. The Balaban J connectivity index is 3.64. The summed E-state index contributed by atoms with van der Waals surface area (Å²) in [6.07, 6.45) is 44.7. The highest BCUT2D eigenvalue weighted by Gasteiger charge is 2.22. The number of esters is 1. The molecule has 0 saturated heterocycles. The molecule has 8 heteroatoms. The Labute approximate surface area is 304 Å².